The minimum absolute atomic E-state index is 0.327. The molecule has 1 N–H and O–H groups in total. The molecule has 30 heavy (non-hydrogen) atoms. The number of carbonyl (C=O) groups excluding carboxylic acids is 2. The van der Waals surface area contributed by atoms with E-state index < -0.39 is 18.0 Å². The maximum atomic E-state index is 12.3. The number of esters is 1. The summed E-state index contributed by atoms with van der Waals surface area (Å²) in [6.07, 6.45) is 1.61. The lowest BCUT2D eigenvalue weighted by atomic mass is 10.2. The number of benzene rings is 2. The van der Waals surface area contributed by atoms with Crippen molar-refractivity contribution in [2.24, 2.45) is 0 Å². The molecule has 0 spiro atoms. The van der Waals surface area contributed by atoms with Gasteiger partial charge in [-0.05, 0) is 48.9 Å². The molecule has 2 aromatic rings. The van der Waals surface area contributed by atoms with Gasteiger partial charge in [0.1, 0.15) is 5.75 Å². The van der Waals surface area contributed by atoms with Crippen molar-refractivity contribution < 1.29 is 28.5 Å². The Hall–Kier alpha value is -2.90. The fourth-order valence-electron chi connectivity index (χ4n) is 2.48. The van der Waals surface area contributed by atoms with E-state index in [1.165, 1.54) is 46.5 Å². The molecule has 0 aliphatic heterocycles. The highest BCUT2D eigenvalue weighted by Crippen LogP contribution is 2.36. The van der Waals surface area contributed by atoms with Crippen LogP contribution in [0.1, 0.15) is 12.5 Å². The number of amides is 1. The third-order valence-electron chi connectivity index (χ3n) is 3.95. The van der Waals surface area contributed by atoms with Crippen molar-refractivity contribution in [3.05, 3.63) is 52.0 Å². The van der Waals surface area contributed by atoms with Crippen LogP contribution in [0.5, 0.6) is 17.2 Å². The summed E-state index contributed by atoms with van der Waals surface area (Å²) in [5.41, 5.74) is 0.962. The van der Waals surface area contributed by atoms with Crippen molar-refractivity contribution in [1.29, 1.82) is 0 Å². The van der Waals surface area contributed by atoms with Crippen molar-refractivity contribution in [3.8, 4) is 17.2 Å². The second kappa shape index (κ2) is 10.8. The van der Waals surface area contributed by atoms with Gasteiger partial charge in [-0.25, -0.2) is 4.79 Å². The van der Waals surface area contributed by atoms with Gasteiger partial charge in [-0.3, -0.25) is 4.79 Å². The molecule has 0 aliphatic rings. The summed E-state index contributed by atoms with van der Waals surface area (Å²) in [5.74, 6) is -0.00791. The highest BCUT2D eigenvalue weighted by molar-refractivity contribution is 6.32. The van der Waals surface area contributed by atoms with E-state index in [-0.39, 0.29) is 0 Å². The van der Waals surface area contributed by atoms with Crippen LogP contribution in [0.15, 0.2) is 36.4 Å². The smallest absolute Gasteiger partial charge is 0.331 e. The van der Waals surface area contributed by atoms with E-state index in [2.05, 4.69) is 5.32 Å². The van der Waals surface area contributed by atoms with Crippen molar-refractivity contribution in [3.63, 3.8) is 0 Å². The summed E-state index contributed by atoms with van der Waals surface area (Å²) in [5, 5.41) is 3.37. The monoisotopic (exact) mass is 453 g/mol. The Balaban J connectivity index is 2.03. The van der Waals surface area contributed by atoms with E-state index in [9.17, 15) is 9.59 Å². The lowest BCUT2D eigenvalue weighted by molar-refractivity contribution is -0.148. The maximum Gasteiger partial charge on any atom is 0.331 e. The molecule has 0 saturated carbocycles. The van der Waals surface area contributed by atoms with Crippen molar-refractivity contribution in [2.45, 2.75) is 13.0 Å². The molecule has 7 nitrogen and oxygen atoms in total. The van der Waals surface area contributed by atoms with Crippen LogP contribution in [-0.2, 0) is 14.3 Å². The van der Waals surface area contributed by atoms with E-state index >= 15 is 0 Å². The highest BCUT2D eigenvalue weighted by Gasteiger charge is 2.18. The van der Waals surface area contributed by atoms with Crippen molar-refractivity contribution in [2.75, 3.05) is 26.6 Å². The number of ether oxygens (including phenoxy) is 4. The number of methoxy groups -OCH3 is 3. The molecule has 0 aliphatic carbocycles. The normalized spacial score (nSPS) is 11.7. The Morgan fingerprint density at radius 2 is 1.70 bits per heavy atom. The Bertz CT molecular complexity index is 961. The molecule has 9 heteroatoms. The number of hydrogen-bond donors (Lipinski definition) is 1. The number of nitrogens with one attached hydrogen (secondary N) is 1. The summed E-state index contributed by atoms with van der Waals surface area (Å²) in [6, 6.07) is 8.04. The fraction of sp³-hybridized carbons (Fsp3) is 0.238. The molecule has 0 saturated heterocycles. The Morgan fingerprint density at radius 1 is 1.00 bits per heavy atom. The molecule has 0 radical (unpaired) electrons. The molecule has 1 atom stereocenters. The minimum Gasteiger partial charge on any atom is -0.495 e. The predicted molar refractivity (Wildman–Crippen MR) is 116 cm³/mol. The molecule has 2 aromatic carbocycles. The summed E-state index contributed by atoms with van der Waals surface area (Å²) in [4.78, 5) is 24.4. The zero-order chi connectivity index (χ0) is 22.3. The van der Waals surface area contributed by atoms with Crippen molar-refractivity contribution in [1.82, 2.24) is 0 Å². The van der Waals surface area contributed by atoms with Gasteiger partial charge in [0, 0.05) is 11.1 Å². The molecular weight excluding hydrogens is 433 g/mol. The van der Waals surface area contributed by atoms with Crippen LogP contribution < -0.4 is 19.5 Å². The second-order valence-corrected chi connectivity index (χ2v) is 6.83. The third kappa shape index (κ3) is 6.05. The average Bonchev–Trinajstić information content (AvgIpc) is 2.71. The minimum atomic E-state index is -1.06. The SMILES string of the molecule is COc1ccc(Cl)cc1NC(=O)C(C)OC(=O)/C=C/c1cc(Cl)c(OC)c(OC)c1. The molecule has 0 fully saturated rings. The lowest BCUT2D eigenvalue weighted by Gasteiger charge is -2.14. The lowest BCUT2D eigenvalue weighted by Crippen LogP contribution is -2.29. The first-order chi connectivity index (χ1) is 14.3. The first kappa shape index (κ1) is 23.4. The number of halogens is 2. The quantitative estimate of drug-likeness (QED) is 0.464. The van der Waals surface area contributed by atoms with E-state index in [0.29, 0.717) is 38.5 Å². The van der Waals surface area contributed by atoms with Crippen LogP contribution in [0.25, 0.3) is 6.08 Å². The summed E-state index contributed by atoms with van der Waals surface area (Å²) >= 11 is 12.1. The van der Waals surface area contributed by atoms with Crippen LogP contribution in [0.3, 0.4) is 0 Å². The second-order valence-electron chi connectivity index (χ2n) is 5.98. The van der Waals surface area contributed by atoms with Crippen LogP contribution in [0, 0.1) is 0 Å². The van der Waals surface area contributed by atoms with Gasteiger partial charge >= 0.3 is 5.97 Å². The molecule has 1 amide bonds. The van der Waals surface area contributed by atoms with E-state index in [4.69, 9.17) is 42.1 Å². The van der Waals surface area contributed by atoms with Crippen LogP contribution >= 0.6 is 23.2 Å². The Kier molecular flexibility index (Phi) is 8.38. The van der Waals surface area contributed by atoms with Crippen LogP contribution in [-0.4, -0.2) is 39.3 Å². The van der Waals surface area contributed by atoms with Gasteiger partial charge in [0.2, 0.25) is 0 Å². The van der Waals surface area contributed by atoms with Gasteiger partial charge in [0.05, 0.1) is 32.0 Å². The zero-order valence-corrected chi connectivity index (χ0v) is 18.3. The topological polar surface area (TPSA) is 83.1 Å². The molecule has 0 heterocycles. The van der Waals surface area contributed by atoms with Crippen molar-refractivity contribution >= 4 is 46.8 Å². The van der Waals surface area contributed by atoms with Crippen LogP contribution in [0.2, 0.25) is 10.0 Å². The summed E-state index contributed by atoms with van der Waals surface area (Å²) < 4.78 is 20.7. The molecule has 1 unspecified atom stereocenters. The molecule has 160 valence electrons. The van der Waals surface area contributed by atoms with E-state index in [1.54, 1.807) is 24.3 Å². The van der Waals surface area contributed by atoms with Crippen LogP contribution in [0.4, 0.5) is 5.69 Å². The average molecular weight is 454 g/mol. The Labute approximate surface area is 184 Å². The summed E-state index contributed by atoms with van der Waals surface area (Å²) in [6.45, 7) is 1.45. The molecule has 2 rings (SSSR count). The standard InChI is InChI=1S/C21H21Cl2NO6/c1-12(21(26)24-16-11-14(22)6-7-17(16)27-2)30-19(25)8-5-13-9-15(23)20(29-4)18(10-13)28-3/h5-12H,1-4H3,(H,24,26)/b8-5+. The molecule has 0 bridgehead atoms. The number of hydrogen-bond acceptors (Lipinski definition) is 6. The van der Waals surface area contributed by atoms with Gasteiger partial charge in [0.25, 0.3) is 5.91 Å². The van der Waals surface area contributed by atoms with E-state index in [1.807, 2.05) is 0 Å². The van der Waals surface area contributed by atoms with Gasteiger partial charge in [-0.15, -0.1) is 0 Å². The van der Waals surface area contributed by atoms with Gasteiger partial charge in [-0.1, -0.05) is 23.2 Å². The first-order valence-electron chi connectivity index (χ1n) is 8.73. The molecule has 0 aromatic heterocycles. The number of rotatable bonds is 8. The van der Waals surface area contributed by atoms with Gasteiger partial charge in [-0.2, -0.15) is 0 Å². The number of carbonyl (C=O) groups is 2. The Morgan fingerprint density at radius 3 is 2.33 bits per heavy atom. The predicted octanol–water partition coefficient (Wildman–Crippen LogP) is 4.60. The largest absolute Gasteiger partial charge is 0.495 e. The first-order valence-corrected chi connectivity index (χ1v) is 9.49. The van der Waals surface area contributed by atoms with E-state index in [0.717, 1.165) is 0 Å². The highest BCUT2D eigenvalue weighted by atomic mass is 35.5. The number of anilines is 1. The maximum absolute atomic E-state index is 12.3. The third-order valence-corrected chi connectivity index (χ3v) is 4.47. The summed E-state index contributed by atoms with van der Waals surface area (Å²) in [7, 11) is 4.42. The molecular formula is C21H21Cl2NO6. The fourth-order valence-corrected chi connectivity index (χ4v) is 2.95. The van der Waals surface area contributed by atoms with Gasteiger partial charge < -0.3 is 24.3 Å². The van der Waals surface area contributed by atoms with Gasteiger partial charge in [0.15, 0.2) is 17.6 Å². The zero-order valence-electron chi connectivity index (χ0n) is 16.8.